The van der Waals surface area contributed by atoms with Gasteiger partial charge in [-0.05, 0) is 36.0 Å². The van der Waals surface area contributed by atoms with E-state index in [-0.39, 0.29) is 0 Å². The lowest BCUT2D eigenvalue weighted by Crippen LogP contribution is -2.18. The number of hydrogen-bond donors (Lipinski definition) is 0. The third-order valence-corrected chi connectivity index (χ3v) is 5.52. The largest absolute Gasteiger partial charge is 0.115 e. The molecule has 2 heterocycles. The molecule has 0 aromatic rings. The first-order chi connectivity index (χ1) is 4.27. The van der Waals surface area contributed by atoms with Gasteiger partial charge in [-0.25, -0.2) is 0 Å². The molecule has 1 heteroatoms. The summed E-state index contributed by atoms with van der Waals surface area (Å²) in [5.74, 6) is 2.15. The van der Waals surface area contributed by atoms with Crippen LogP contribution in [-0.4, -0.2) is 11.3 Å². The number of fused-ring (bicyclic) bond motifs is 2. The van der Waals surface area contributed by atoms with Crippen LogP contribution < -0.4 is 0 Å². The summed E-state index contributed by atoms with van der Waals surface area (Å²) in [4.78, 5) is 0. The fourth-order valence-electron chi connectivity index (χ4n) is 2.33. The third kappa shape index (κ3) is 0.835. The zero-order chi connectivity index (χ0) is 6.43. The molecule has 0 nitrogen and oxygen atoms in total. The van der Waals surface area contributed by atoms with Crippen molar-refractivity contribution in [3.63, 3.8) is 0 Å². The second-order valence-corrected chi connectivity index (χ2v) is 5.62. The molecule has 9 heavy (non-hydrogen) atoms. The zero-order valence-electron chi connectivity index (χ0n) is 6.22. The van der Waals surface area contributed by atoms with E-state index in [1.807, 2.05) is 0 Å². The molecule has 2 aliphatic heterocycles. The van der Waals surface area contributed by atoms with Gasteiger partial charge in [-0.1, -0.05) is 13.8 Å². The van der Waals surface area contributed by atoms with E-state index in [9.17, 15) is 0 Å². The maximum Gasteiger partial charge on any atom is -0.0205 e. The van der Waals surface area contributed by atoms with Crippen LogP contribution in [0.5, 0.6) is 0 Å². The minimum absolute atomic E-state index is 1.07. The van der Waals surface area contributed by atoms with E-state index in [0.29, 0.717) is 0 Å². The van der Waals surface area contributed by atoms with Gasteiger partial charge in [0.05, 0.1) is 0 Å². The number of hydrogen-bond acceptors (Lipinski definition) is 0. The van der Waals surface area contributed by atoms with Gasteiger partial charge in [0.2, 0.25) is 0 Å². The van der Waals surface area contributed by atoms with E-state index < -0.39 is 0 Å². The van der Waals surface area contributed by atoms with Crippen molar-refractivity contribution >= 4 is 8.58 Å². The Hall–Kier alpha value is 0.430. The molecule has 2 saturated heterocycles. The van der Waals surface area contributed by atoms with Crippen LogP contribution in [-0.2, 0) is 0 Å². The molecule has 0 spiro atoms. The van der Waals surface area contributed by atoms with Crippen molar-refractivity contribution in [1.29, 1.82) is 0 Å². The average molecular weight is 142 g/mol. The quantitative estimate of drug-likeness (QED) is 0.456. The van der Waals surface area contributed by atoms with E-state index in [2.05, 4.69) is 13.8 Å². The molecule has 4 atom stereocenters. The smallest absolute Gasteiger partial charge is 0.0205 e. The summed E-state index contributed by atoms with van der Waals surface area (Å²) in [6.07, 6.45) is 3.09. The fourth-order valence-corrected chi connectivity index (χ4v) is 4.83. The van der Waals surface area contributed by atoms with Crippen molar-refractivity contribution in [3.8, 4) is 0 Å². The minimum atomic E-state index is 1.07. The van der Waals surface area contributed by atoms with E-state index >= 15 is 0 Å². The molecule has 0 saturated carbocycles. The second-order valence-electron chi connectivity index (χ2n) is 3.81. The lowest BCUT2D eigenvalue weighted by Gasteiger charge is -2.21. The summed E-state index contributed by atoms with van der Waals surface area (Å²) in [5, 5.41) is 0. The summed E-state index contributed by atoms with van der Waals surface area (Å²) >= 11 is 0. The van der Waals surface area contributed by atoms with Crippen molar-refractivity contribution in [2.75, 3.05) is 0 Å². The van der Waals surface area contributed by atoms with Gasteiger partial charge < -0.3 is 0 Å². The summed E-state index contributed by atoms with van der Waals surface area (Å²) in [7, 11) is 1.33. The fraction of sp³-hybridized carbons (Fsp3) is 1.00. The molecule has 4 unspecified atom stereocenters. The Labute approximate surface area is 59.2 Å². The minimum Gasteiger partial charge on any atom is -0.115 e. The molecule has 0 aliphatic carbocycles. The SMILES string of the molecule is CC1CC2PC1CC2C. The molecular weight excluding hydrogens is 127 g/mol. The van der Waals surface area contributed by atoms with E-state index in [4.69, 9.17) is 0 Å². The molecule has 52 valence electrons. The van der Waals surface area contributed by atoms with Gasteiger partial charge in [-0.3, -0.25) is 0 Å². The Balaban J connectivity index is 2.10. The lowest BCUT2D eigenvalue weighted by molar-refractivity contribution is 0.365. The molecule has 0 radical (unpaired) electrons. The Morgan fingerprint density at radius 1 is 1.00 bits per heavy atom. The first-order valence-electron chi connectivity index (χ1n) is 4.03. The predicted molar refractivity (Wildman–Crippen MR) is 43.5 cm³/mol. The second kappa shape index (κ2) is 1.95. The third-order valence-electron chi connectivity index (χ3n) is 3.05. The van der Waals surface area contributed by atoms with Crippen molar-refractivity contribution in [2.45, 2.75) is 38.0 Å². The zero-order valence-corrected chi connectivity index (χ0v) is 7.22. The normalized spacial score (nSPS) is 59.3. The van der Waals surface area contributed by atoms with Crippen LogP contribution >= 0.6 is 8.58 Å². The van der Waals surface area contributed by atoms with Crippen LogP contribution in [0.25, 0.3) is 0 Å². The summed E-state index contributed by atoms with van der Waals surface area (Å²) in [5.41, 5.74) is 2.29. The molecule has 0 amide bonds. The van der Waals surface area contributed by atoms with Gasteiger partial charge in [-0.2, -0.15) is 0 Å². The summed E-state index contributed by atoms with van der Waals surface area (Å²) < 4.78 is 0. The van der Waals surface area contributed by atoms with Crippen molar-refractivity contribution in [2.24, 2.45) is 11.8 Å². The van der Waals surface area contributed by atoms with Crippen LogP contribution in [0.4, 0.5) is 0 Å². The van der Waals surface area contributed by atoms with Gasteiger partial charge >= 0.3 is 0 Å². The molecule has 2 fully saturated rings. The van der Waals surface area contributed by atoms with Gasteiger partial charge in [-0.15, -0.1) is 8.58 Å². The van der Waals surface area contributed by atoms with E-state index in [1.54, 1.807) is 12.8 Å². The van der Waals surface area contributed by atoms with Gasteiger partial charge in [0.1, 0.15) is 0 Å². The van der Waals surface area contributed by atoms with Crippen LogP contribution in [0.2, 0.25) is 0 Å². The van der Waals surface area contributed by atoms with Gasteiger partial charge in [0.25, 0.3) is 0 Å². The molecule has 2 rings (SSSR count). The summed E-state index contributed by atoms with van der Waals surface area (Å²) in [6.45, 7) is 4.87. The van der Waals surface area contributed by atoms with E-state index in [1.165, 1.54) is 8.58 Å². The first-order valence-corrected chi connectivity index (χ1v) is 5.19. The molecule has 0 aromatic carbocycles. The van der Waals surface area contributed by atoms with Gasteiger partial charge in [0, 0.05) is 0 Å². The highest BCUT2D eigenvalue weighted by molar-refractivity contribution is 7.40. The van der Waals surface area contributed by atoms with Crippen molar-refractivity contribution in [1.82, 2.24) is 0 Å². The molecular formula is C8H15P. The molecule has 2 aliphatic rings. The maximum atomic E-state index is 2.43. The molecule has 2 bridgehead atoms. The highest BCUT2D eigenvalue weighted by Gasteiger charge is 2.41. The standard InChI is InChI=1S/C8H15P/c1-5-3-8-6(2)4-7(5)9-8/h5-9H,3-4H2,1-2H3. The van der Waals surface area contributed by atoms with Crippen molar-refractivity contribution in [3.05, 3.63) is 0 Å². The highest BCUT2D eigenvalue weighted by Crippen LogP contribution is 2.56. The molecule has 0 aromatic heterocycles. The predicted octanol–water partition coefficient (Wildman–Crippen LogP) is 2.48. The Bertz CT molecular complexity index is 104. The Morgan fingerprint density at radius 2 is 1.44 bits per heavy atom. The van der Waals surface area contributed by atoms with Crippen LogP contribution in [0.15, 0.2) is 0 Å². The lowest BCUT2D eigenvalue weighted by atomic mass is 9.84. The summed E-state index contributed by atoms with van der Waals surface area (Å²) in [6, 6.07) is 0. The molecule has 0 N–H and O–H groups in total. The topological polar surface area (TPSA) is 0 Å². The number of rotatable bonds is 0. The maximum absolute atomic E-state index is 2.43. The monoisotopic (exact) mass is 142 g/mol. The Kier molecular flexibility index (Phi) is 1.34. The van der Waals surface area contributed by atoms with Crippen LogP contribution in [0, 0.1) is 11.8 Å². The van der Waals surface area contributed by atoms with Gasteiger partial charge in [0.15, 0.2) is 0 Å². The van der Waals surface area contributed by atoms with Crippen LogP contribution in [0.3, 0.4) is 0 Å². The Morgan fingerprint density at radius 3 is 1.67 bits per heavy atom. The van der Waals surface area contributed by atoms with E-state index in [0.717, 1.165) is 23.2 Å². The van der Waals surface area contributed by atoms with Crippen molar-refractivity contribution < 1.29 is 0 Å². The highest BCUT2D eigenvalue weighted by atomic mass is 31.1. The average Bonchev–Trinajstić information content (AvgIpc) is 2.24. The first kappa shape index (κ1) is 6.16. The van der Waals surface area contributed by atoms with Crippen LogP contribution in [0.1, 0.15) is 26.7 Å².